The van der Waals surface area contributed by atoms with Crippen molar-refractivity contribution in [1.82, 2.24) is 4.90 Å². The van der Waals surface area contributed by atoms with E-state index in [0.717, 1.165) is 25.7 Å². The van der Waals surface area contributed by atoms with Gasteiger partial charge in [-0.05, 0) is 31.7 Å². The molecule has 2 atom stereocenters. The third-order valence-corrected chi connectivity index (χ3v) is 4.00. The van der Waals surface area contributed by atoms with Crippen molar-refractivity contribution in [1.29, 1.82) is 0 Å². The van der Waals surface area contributed by atoms with Gasteiger partial charge < -0.3 is 15.4 Å². The topological polar surface area (TPSA) is 38.5 Å². The normalized spacial score (nSPS) is 22.3. The Hall–Kier alpha value is -0.120. The van der Waals surface area contributed by atoms with E-state index in [4.69, 9.17) is 10.5 Å². The zero-order valence-corrected chi connectivity index (χ0v) is 11.1. The molecule has 0 bridgehead atoms. The molecule has 0 aromatic rings. The Balaban J connectivity index is 2.38. The molecule has 0 radical (unpaired) electrons. The summed E-state index contributed by atoms with van der Waals surface area (Å²) in [4.78, 5) is 2.46. The van der Waals surface area contributed by atoms with Gasteiger partial charge >= 0.3 is 0 Å². The van der Waals surface area contributed by atoms with Gasteiger partial charge in [0.15, 0.2) is 0 Å². The summed E-state index contributed by atoms with van der Waals surface area (Å²) in [6.45, 7) is 8.38. The fourth-order valence-electron chi connectivity index (χ4n) is 2.59. The minimum Gasteiger partial charge on any atom is -0.381 e. The van der Waals surface area contributed by atoms with Crippen molar-refractivity contribution in [2.45, 2.75) is 39.2 Å². The lowest BCUT2D eigenvalue weighted by atomic mass is 9.94. The third-order valence-electron chi connectivity index (χ3n) is 4.00. The fourth-order valence-corrected chi connectivity index (χ4v) is 2.59. The monoisotopic (exact) mass is 228 g/mol. The molecule has 3 nitrogen and oxygen atoms in total. The van der Waals surface area contributed by atoms with Gasteiger partial charge in [-0.3, -0.25) is 0 Å². The van der Waals surface area contributed by atoms with Crippen LogP contribution in [0.15, 0.2) is 0 Å². The summed E-state index contributed by atoms with van der Waals surface area (Å²) in [5.41, 5.74) is 5.89. The molecule has 2 unspecified atom stereocenters. The highest BCUT2D eigenvalue weighted by Crippen LogP contribution is 2.19. The number of nitrogens with zero attached hydrogens (tertiary/aromatic N) is 1. The Labute approximate surface area is 100 Å². The van der Waals surface area contributed by atoms with Crippen molar-refractivity contribution in [2.24, 2.45) is 17.6 Å². The van der Waals surface area contributed by atoms with Crippen LogP contribution in [-0.2, 0) is 4.74 Å². The molecule has 0 amide bonds. The number of ether oxygens (including phenoxy) is 1. The highest BCUT2D eigenvalue weighted by atomic mass is 16.5. The second kappa shape index (κ2) is 7.25. The Bertz CT molecular complexity index is 181. The van der Waals surface area contributed by atoms with Crippen LogP contribution in [0.2, 0.25) is 0 Å². The lowest BCUT2D eigenvalue weighted by Gasteiger charge is -2.35. The SMILES string of the molecule is CCC(C)C(CN)N(C)CC1CCOCC1. The molecule has 1 fully saturated rings. The number of hydrogen-bond donors (Lipinski definition) is 1. The van der Waals surface area contributed by atoms with E-state index in [1.165, 1.54) is 25.8 Å². The van der Waals surface area contributed by atoms with Gasteiger partial charge in [-0.15, -0.1) is 0 Å². The summed E-state index contributed by atoms with van der Waals surface area (Å²) in [5, 5.41) is 0. The summed E-state index contributed by atoms with van der Waals surface area (Å²) in [7, 11) is 2.22. The summed E-state index contributed by atoms with van der Waals surface area (Å²) in [5.74, 6) is 1.49. The van der Waals surface area contributed by atoms with Crippen LogP contribution in [0, 0.1) is 11.8 Å². The molecule has 1 aliphatic rings. The average Bonchev–Trinajstić information content (AvgIpc) is 2.31. The number of likely N-dealkylation sites (N-methyl/N-ethyl adjacent to an activating group) is 1. The number of rotatable bonds is 6. The molecule has 2 N–H and O–H groups in total. The van der Waals surface area contributed by atoms with Gasteiger partial charge in [0.25, 0.3) is 0 Å². The van der Waals surface area contributed by atoms with Crippen LogP contribution in [0.1, 0.15) is 33.1 Å². The van der Waals surface area contributed by atoms with Crippen molar-refractivity contribution in [3.8, 4) is 0 Å². The highest BCUT2D eigenvalue weighted by Gasteiger charge is 2.22. The van der Waals surface area contributed by atoms with E-state index in [-0.39, 0.29) is 0 Å². The average molecular weight is 228 g/mol. The van der Waals surface area contributed by atoms with Crippen LogP contribution in [-0.4, -0.2) is 44.3 Å². The first kappa shape index (κ1) is 13.9. The summed E-state index contributed by atoms with van der Waals surface area (Å²) >= 11 is 0. The molecule has 3 heteroatoms. The van der Waals surface area contributed by atoms with Gasteiger partial charge in [-0.1, -0.05) is 20.3 Å². The Morgan fingerprint density at radius 1 is 1.38 bits per heavy atom. The van der Waals surface area contributed by atoms with Crippen LogP contribution in [0.3, 0.4) is 0 Å². The highest BCUT2D eigenvalue weighted by molar-refractivity contribution is 4.77. The van der Waals surface area contributed by atoms with E-state index < -0.39 is 0 Å². The van der Waals surface area contributed by atoms with Gasteiger partial charge in [-0.25, -0.2) is 0 Å². The van der Waals surface area contributed by atoms with Gasteiger partial charge in [0.1, 0.15) is 0 Å². The fraction of sp³-hybridized carbons (Fsp3) is 1.00. The second-order valence-corrected chi connectivity index (χ2v) is 5.18. The standard InChI is InChI=1S/C13H28N2O/c1-4-11(2)13(9-14)15(3)10-12-5-7-16-8-6-12/h11-13H,4-10,14H2,1-3H3. The zero-order valence-electron chi connectivity index (χ0n) is 11.1. The second-order valence-electron chi connectivity index (χ2n) is 5.18. The van der Waals surface area contributed by atoms with E-state index in [0.29, 0.717) is 12.0 Å². The molecular weight excluding hydrogens is 200 g/mol. The minimum atomic E-state index is 0.535. The summed E-state index contributed by atoms with van der Waals surface area (Å²) < 4.78 is 5.39. The van der Waals surface area contributed by atoms with Crippen molar-refractivity contribution >= 4 is 0 Å². The number of hydrogen-bond acceptors (Lipinski definition) is 3. The first-order chi connectivity index (χ1) is 7.69. The maximum Gasteiger partial charge on any atom is 0.0469 e. The van der Waals surface area contributed by atoms with Crippen molar-refractivity contribution in [3.63, 3.8) is 0 Å². The first-order valence-corrected chi connectivity index (χ1v) is 6.67. The molecule has 0 aliphatic carbocycles. The largest absolute Gasteiger partial charge is 0.381 e. The Kier molecular flexibility index (Phi) is 6.32. The van der Waals surface area contributed by atoms with E-state index >= 15 is 0 Å². The maximum atomic E-state index is 5.89. The van der Waals surface area contributed by atoms with Gasteiger partial charge in [-0.2, -0.15) is 0 Å². The van der Waals surface area contributed by atoms with Gasteiger partial charge in [0, 0.05) is 32.3 Å². The summed E-state index contributed by atoms with van der Waals surface area (Å²) in [6, 6.07) is 0.535. The lowest BCUT2D eigenvalue weighted by Crippen LogP contribution is -2.45. The Morgan fingerprint density at radius 3 is 2.50 bits per heavy atom. The molecular formula is C13H28N2O. The van der Waals surface area contributed by atoms with E-state index in [9.17, 15) is 0 Å². The van der Waals surface area contributed by atoms with Crippen LogP contribution in [0.4, 0.5) is 0 Å². The quantitative estimate of drug-likeness (QED) is 0.752. The molecule has 0 aromatic heterocycles. The third kappa shape index (κ3) is 4.04. The first-order valence-electron chi connectivity index (χ1n) is 6.67. The molecule has 1 saturated heterocycles. The van der Waals surface area contributed by atoms with Gasteiger partial charge in [0.2, 0.25) is 0 Å². The van der Waals surface area contributed by atoms with Crippen molar-refractivity contribution in [3.05, 3.63) is 0 Å². The van der Waals surface area contributed by atoms with E-state index in [1.807, 2.05) is 0 Å². The molecule has 0 saturated carbocycles. The molecule has 16 heavy (non-hydrogen) atoms. The molecule has 1 aliphatic heterocycles. The predicted octanol–water partition coefficient (Wildman–Crippen LogP) is 1.72. The molecule has 0 spiro atoms. The smallest absolute Gasteiger partial charge is 0.0469 e. The van der Waals surface area contributed by atoms with Crippen LogP contribution in [0.5, 0.6) is 0 Å². The van der Waals surface area contributed by atoms with Crippen molar-refractivity contribution < 1.29 is 4.74 Å². The predicted molar refractivity (Wildman–Crippen MR) is 68.5 cm³/mol. The molecule has 0 aromatic carbocycles. The minimum absolute atomic E-state index is 0.535. The zero-order chi connectivity index (χ0) is 12.0. The van der Waals surface area contributed by atoms with Crippen LogP contribution >= 0.6 is 0 Å². The van der Waals surface area contributed by atoms with E-state index in [2.05, 4.69) is 25.8 Å². The molecule has 1 rings (SSSR count). The van der Waals surface area contributed by atoms with Crippen LogP contribution < -0.4 is 5.73 Å². The summed E-state index contributed by atoms with van der Waals surface area (Å²) in [6.07, 6.45) is 3.63. The van der Waals surface area contributed by atoms with Crippen LogP contribution in [0.25, 0.3) is 0 Å². The van der Waals surface area contributed by atoms with E-state index in [1.54, 1.807) is 0 Å². The Morgan fingerprint density at radius 2 is 2.00 bits per heavy atom. The maximum absolute atomic E-state index is 5.89. The number of nitrogens with two attached hydrogens (primary N) is 1. The molecule has 1 heterocycles. The van der Waals surface area contributed by atoms with Gasteiger partial charge in [0.05, 0.1) is 0 Å². The van der Waals surface area contributed by atoms with Crippen molar-refractivity contribution in [2.75, 3.05) is 33.4 Å². The lowest BCUT2D eigenvalue weighted by molar-refractivity contribution is 0.0465. The molecule has 96 valence electrons.